The number of imidazole rings is 1. The quantitative estimate of drug-likeness (QED) is 0.433. The van der Waals surface area contributed by atoms with Crippen molar-refractivity contribution in [1.29, 1.82) is 0 Å². The summed E-state index contributed by atoms with van der Waals surface area (Å²) < 4.78 is 5.93. The van der Waals surface area contributed by atoms with Crippen LogP contribution in [0.1, 0.15) is 30.5 Å². The van der Waals surface area contributed by atoms with Crippen LogP contribution in [0.2, 0.25) is 0 Å². The van der Waals surface area contributed by atoms with Crippen molar-refractivity contribution in [3.63, 3.8) is 0 Å². The molecule has 5 aromatic heterocycles. The van der Waals surface area contributed by atoms with Crippen molar-refractivity contribution in [2.24, 2.45) is 0 Å². The number of fused-ring (bicyclic) bond motifs is 1. The Kier molecular flexibility index (Phi) is 4.77. The van der Waals surface area contributed by atoms with Gasteiger partial charge < -0.3 is 14.3 Å². The van der Waals surface area contributed by atoms with Gasteiger partial charge in [-0.1, -0.05) is 17.7 Å². The third-order valence-corrected chi connectivity index (χ3v) is 6.05. The van der Waals surface area contributed by atoms with E-state index in [0.717, 1.165) is 34.8 Å². The van der Waals surface area contributed by atoms with E-state index in [-0.39, 0.29) is 0 Å². The van der Waals surface area contributed by atoms with E-state index in [2.05, 4.69) is 55.6 Å². The van der Waals surface area contributed by atoms with Crippen LogP contribution in [0.5, 0.6) is 0 Å². The summed E-state index contributed by atoms with van der Waals surface area (Å²) in [5.74, 6) is 0. The van der Waals surface area contributed by atoms with Crippen LogP contribution < -0.4 is 5.32 Å². The molecule has 0 unspecified atom stereocenters. The average Bonchev–Trinajstić information content (AvgIpc) is 3.53. The summed E-state index contributed by atoms with van der Waals surface area (Å²) in [6.45, 7) is 1.46. The lowest BCUT2D eigenvalue weighted by atomic mass is 9.93. The second-order valence-electron chi connectivity index (χ2n) is 8.37. The van der Waals surface area contributed by atoms with E-state index < -0.39 is 0 Å². The van der Waals surface area contributed by atoms with Crippen LogP contribution in [0.15, 0.2) is 73.7 Å². The van der Waals surface area contributed by atoms with Crippen LogP contribution in [-0.2, 0) is 13.1 Å². The van der Waals surface area contributed by atoms with Crippen molar-refractivity contribution in [1.82, 2.24) is 39.2 Å². The molecule has 0 spiro atoms. The summed E-state index contributed by atoms with van der Waals surface area (Å²) >= 11 is 0. The van der Waals surface area contributed by atoms with Crippen LogP contribution in [0.3, 0.4) is 0 Å². The van der Waals surface area contributed by atoms with Crippen molar-refractivity contribution in [3.8, 4) is 16.9 Å². The Balaban J connectivity index is 1.18. The molecular formula is C24H24N8. The summed E-state index contributed by atoms with van der Waals surface area (Å²) in [5.41, 5.74) is 5.87. The van der Waals surface area contributed by atoms with Gasteiger partial charge in [-0.05, 0) is 42.7 Å². The minimum absolute atomic E-state index is 0.565. The molecule has 1 aliphatic rings. The number of nitrogens with one attached hydrogen (secondary N) is 1. The molecular weight excluding hydrogens is 400 g/mol. The highest BCUT2D eigenvalue weighted by Gasteiger charge is 2.16. The predicted molar refractivity (Wildman–Crippen MR) is 121 cm³/mol. The molecule has 0 aromatic carbocycles. The van der Waals surface area contributed by atoms with Gasteiger partial charge in [0.15, 0.2) is 0 Å². The number of hydrogen-bond acceptors (Lipinski definition) is 5. The first-order valence-electron chi connectivity index (χ1n) is 11.0. The Morgan fingerprint density at radius 3 is 2.78 bits per heavy atom. The fraction of sp³-hybridized carbons (Fsp3) is 0.250. The summed E-state index contributed by atoms with van der Waals surface area (Å²) in [6, 6.07) is 11.0. The zero-order valence-electron chi connectivity index (χ0n) is 17.7. The highest BCUT2D eigenvalue weighted by atomic mass is 15.4. The zero-order valence-corrected chi connectivity index (χ0v) is 17.7. The fourth-order valence-corrected chi connectivity index (χ4v) is 4.04. The monoisotopic (exact) mass is 424 g/mol. The molecule has 1 N–H and O–H groups in total. The fourth-order valence-electron chi connectivity index (χ4n) is 4.04. The van der Waals surface area contributed by atoms with Crippen molar-refractivity contribution in [2.45, 2.75) is 38.4 Å². The molecule has 8 nitrogen and oxygen atoms in total. The lowest BCUT2D eigenvalue weighted by Crippen LogP contribution is -2.34. The first-order chi connectivity index (χ1) is 15.8. The molecule has 1 fully saturated rings. The Labute approximate surface area is 185 Å². The molecule has 5 aromatic rings. The second kappa shape index (κ2) is 8.05. The minimum Gasteiger partial charge on any atom is -0.322 e. The Hall–Kier alpha value is -3.78. The SMILES string of the molecule is c1ccn(-c2cncc(-c3cn(Cc4cn5cc(CNC6CCC6)ccc5n4)nn3)c2)c1. The molecule has 0 amide bonds. The standard InChI is InChI=1S/C24H24N8/c1-2-9-30(8-1)22-10-19(12-25-13-22)23-17-32(29-28-23)16-21-15-31-14-18(6-7-24(31)27-21)11-26-20-4-3-5-20/h1-2,6-10,12-15,17,20,26H,3-5,11,16H2. The maximum atomic E-state index is 4.74. The lowest BCUT2D eigenvalue weighted by Gasteiger charge is -2.26. The number of rotatable bonds is 7. The van der Waals surface area contributed by atoms with Gasteiger partial charge >= 0.3 is 0 Å². The van der Waals surface area contributed by atoms with Gasteiger partial charge in [-0.15, -0.1) is 5.10 Å². The van der Waals surface area contributed by atoms with Gasteiger partial charge in [0.25, 0.3) is 0 Å². The van der Waals surface area contributed by atoms with Gasteiger partial charge in [-0.2, -0.15) is 0 Å². The van der Waals surface area contributed by atoms with Crippen molar-refractivity contribution in [3.05, 3.63) is 85.0 Å². The molecule has 0 atom stereocenters. The van der Waals surface area contributed by atoms with Crippen LogP contribution in [0.25, 0.3) is 22.6 Å². The molecule has 0 aliphatic heterocycles. The minimum atomic E-state index is 0.565. The van der Waals surface area contributed by atoms with E-state index in [0.29, 0.717) is 12.6 Å². The molecule has 1 saturated carbocycles. The van der Waals surface area contributed by atoms with E-state index in [4.69, 9.17) is 4.98 Å². The average molecular weight is 425 g/mol. The van der Waals surface area contributed by atoms with Crippen molar-refractivity contribution < 1.29 is 0 Å². The molecule has 5 heterocycles. The van der Waals surface area contributed by atoms with E-state index in [9.17, 15) is 0 Å². The molecule has 0 bridgehead atoms. The first-order valence-corrected chi connectivity index (χ1v) is 11.0. The lowest BCUT2D eigenvalue weighted by molar-refractivity contribution is 0.338. The molecule has 0 saturated heterocycles. The van der Waals surface area contributed by atoms with Gasteiger partial charge in [0.1, 0.15) is 11.3 Å². The van der Waals surface area contributed by atoms with Crippen LogP contribution >= 0.6 is 0 Å². The summed E-state index contributed by atoms with van der Waals surface area (Å²) in [6.07, 6.45) is 17.7. The third kappa shape index (κ3) is 3.80. The number of aromatic nitrogens is 7. The predicted octanol–water partition coefficient (Wildman–Crippen LogP) is 3.47. The molecule has 32 heavy (non-hydrogen) atoms. The van der Waals surface area contributed by atoms with Gasteiger partial charge in [0.05, 0.1) is 30.3 Å². The van der Waals surface area contributed by atoms with Gasteiger partial charge in [-0.25, -0.2) is 9.67 Å². The number of nitrogens with zero attached hydrogens (tertiary/aromatic N) is 7. The summed E-state index contributed by atoms with van der Waals surface area (Å²) in [7, 11) is 0. The topological polar surface area (TPSA) is 77.9 Å². The third-order valence-electron chi connectivity index (χ3n) is 6.05. The van der Waals surface area contributed by atoms with Crippen molar-refractivity contribution in [2.75, 3.05) is 0 Å². The maximum Gasteiger partial charge on any atom is 0.137 e. The largest absolute Gasteiger partial charge is 0.322 e. The van der Waals surface area contributed by atoms with Crippen LogP contribution in [0, 0.1) is 0 Å². The highest BCUT2D eigenvalue weighted by Crippen LogP contribution is 2.20. The van der Waals surface area contributed by atoms with E-state index in [1.807, 2.05) is 52.4 Å². The molecule has 160 valence electrons. The Morgan fingerprint density at radius 1 is 1.03 bits per heavy atom. The normalized spacial score (nSPS) is 14.1. The van der Waals surface area contributed by atoms with E-state index in [1.54, 1.807) is 0 Å². The first kappa shape index (κ1) is 18.9. The van der Waals surface area contributed by atoms with Crippen molar-refractivity contribution >= 4 is 5.65 Å². The highest BCUT2D eigenvalue weighted by molar-refractivity contribution is 5.59. The zero-order chi connectivity index (χ0) is 21.3. The smallest absolute Gasteiger partial charge is 0.137 e. The number of pyridine rings is 2. The number of hydrogen-bond donors (Lipinski definition) is 1. The van der Waals surface area contributed by atoms with E-state index >= 15 is 0 Å². The Morgan fingerprint density at radius 2 is 1.94 bits per heavy atom. The summed E-state index contributed by atoms with van der Waals surface area (Å²) in [5, 5.41) is 12.3. The van der Waals surface area contributed by atoms with E-state index in [1.165, 1.54) is 24.8 Å². The van der Waals surface area contributed by atoms with Gasteiger partial charge in [0.2, 0.25) is 0 Å². The molecule has 1 aliphatic carbocycles. The van der Waals surface area contributed by atoms with Gasteiger partial charge in [-0.3, -0.25) is 4.98 Å². The maximum absolute atomic E-state index is 4.74. The molecule has 8 heteroatoms. The van der Waals surface area contributed by atoms with Crippen LogP contribution in [-0.4, -0.2) is 40.0 Å². The molecule has 0 radical (unpaired) electrons. The summed E-state index contributed by atoms with van der Waals surface area (Å²) in [4.78, 5) is 9.10. The van der Waals surface area contributed by atoms with Crippen LogP contribution in [0.4, 0.5) is 0 Å². The second-order valence-corrected chi connectivity index (χ2v) is 8.37. The van der Waals surface area contributed by atoms with Gasteiger partial charge in [0, 0.05) is 49.1 Å². The molecule has 6 rings (SSSR count). The Bertz CT molecular complexity index is 1340.